The highest BCUT2D eigenvalue weighted by Gasteiger charge is 2.09. The van der Waals surface area contributed by atoms with Crippen LogP contribution in [-0.4, -0.2) is 16.1 Å². The van der Waals surface area contributed by atoms with Gasteiger partial charge in [0, 0.05) is 11.4 Å². The van der Waals surface area contributed by atoms with Crippen LogP contribution in [0.4, 0.5) is 5.69 Å². The zero-order valence-corrected chi connectivity index (χ0v) is 9.73. The lowest BCUT2D eigenvalue weighted by Crippen LogP contribution is -2.12. The zero-order valence-electron chi connectivity index (χ0n) is 9.73. The minimum atomic E-state index is -0.185. The highest BCUT2D eigenvalue weighted by atomic mass is 16.1. The van der Waals surface area contributed by atoms with Crippen LogP contribution < -0.4 is 5.32 Å². The maximum absolute atomic E-state index is 11.8. The van der Waals surface area contributed by atoms with E-state index in [0.29, 0.717) is 5.69 Å². The van der Waals surface area contributed by atoms with Crippen molar-refractivity contribution >= 4 is 11.6 Å². The first-order chi connectivity index (χ1) is 8.29. The van der Waals surface area contributed by atoms with Crippen molar-refractivity contribution in [1.82, 2.24) is 10.2 Å². The summed E-state index contributed by atoms with van der Waals surface area (Å²) < 4.78 is 0. The van der Waals surface area contributed by atoms with E-state index in [2.05, 4.69) is 22.4 Å². The third-order valence-corrected chi connectivity index (χ3v) is 2.41. The highest BCUT2D eigenvalue weighted by Crippen LogP contribution is 2.08. The van der Waals surface area contributed by atoms with Crippen LogP contribution in [0.2, 0.25) is 0 Å². The quantitative estimate of drug-likeness (QED) is 0.846. The Bertz CT molecular complexity index is 490. The monoisotopic (exact) mass is 229 g/mol. The van der Waals surface area contributed by atoms with Gasteiger partial charge in [-0.1, -0.05) is 31.5 Å². The first-order valence-electron chi connectivity index (χ1n) is 5.70. The molecule has 1 aromatic carbocycles. The molecule has 4 heteroatoms. The number of hydrogen-bond acceptors (Lipinski definition) is 2. The average molecular weight is 229 g/mol. The molecule has 4 nitrogen and oxygen atoms in total. The first kappa shape index (κ1) is 11.4. The average Bonchev–Trinajstić information content (AvgIpc) is 2.79. The van der Waals surface area contributed by atoms with Gasteiger partial charge in [0.2, 0.25) is 0 Å². The number of para-hydroxylation sites is 1. The summed E-state index contributed by atoms with van der Waals surface area (Å²) >= 11 is 0. The zero-order chi connectivity index (χ0) is 12.1. The van der Waals surface area contributed by atoms with Crippen LogP contribution in [0.5, 0.6) is 0 Å². The van der Waals surface area contributed by atoms with Gasteiger partial charge in [-0.15, -0.1) is 0 Å². The Kier molecular flexibility index (Phi) is 3.55. The second kappa shape index (κ2) is 5.30. The summed E-state index contributed by atoms with van der Waals surface area (Å²) in [7, 11) is 0. The molecule has 0 aliphatic carbocycles. The molecule has 0 radical (unpaired) electrons. The van der Waals surface area contributed by atoms with Gasteiger partial charge in [-0.05, 0) is 24.6 Å². The van der Waals surface area contributed by atoms with E-state index >= 15 is 0 Å². The third kappa shape index (κ3) is 2.93. The number of aromatic nitrogens is 2. The lowest BCUT2D eigenvalue weighted by Gasteiger charge is -2.01. The summed E-state index contributed by atoms with van der Waals surface area (Å²) in [5.74, 6) is -0.185. The van der Waals surface area contributed by atoms with Crippen molar-refractivity contribution in [3.8, 4) is 0 Å². The van der Waals surface area contributed by atoms with Gasteiger partial charge >= 0.3 is 0 Å². The number of nitrogens with zero attached hydrogens (tertiary/aromatic N) is 1. The van der Waals surface area contributed by atoms with Crippen LogP contribution in [0.1, 0.15) is 29.5 Å². The number of aromatic amines is 1. The van der Waals surface area contributed by atoms with Crippen molar-refractivity contribution < 1.29 is 4.79 Å². The van der Waals surface area contributed by atoms with Gasteiger partial charge in [0.05, 0.1) is 0 Å². The maximum atomic E-state index is 11.8. The summed E-state index contributed by atoms with van der Waals surface area (Å²) in [5, 5.41) is 9.65. The van der Waals surface area contributed by atoms with Crippen LogP contribution in [0.15, 0.2) is 36.4 Å². The number of H-pyrrole nitrogens is 1. The van der Waals surface area contributed by atoms with Gasteiger partial charge in [0.1, 0.15) is 0 Å². The van der Waals surface area contributed by atoms with Crippen LogP contribution in [0, 0.1) is 0 Å². The lowest BCUT2D eigenvalue weighted by atomic mass is 10.2. The van der Waals surface area contributed by atoms with Crippen molar-refractivity contribution in [2.24, 2.45) is 0 Å². The molecular formula is C13H15N3O. The summed E-state index contributed by atoms with van der Waals surface area (Å²) in [6, 6.07) is 11.1. The number of rotatable bonds is 4. The van der Waals surface area contributed by atoms with Gasteiger partial charge in [-0.25, -0.2) is 0 Å². The SMILES string of the molecule is CCCc1cc(C(=O)Nc2ccccc2)n[nH]1. The largest absolute Gasteiger partial charge is 0.321 e. The molecule has 1 amide bonds. The number of aryl methyl sites for hydroxylation is 1. The summed E-state index contributed by atoms with van der Waals surface area (Å²) in [6.07, 6.45) is 1.94. The van der Waals surface area contributed by atoms with E-state index < -0.39 is 0 Å². The molecule has 0 saturated carbocycles. The molecule has 1 aromatic heterocycles. The molecule has 0 unspecified atom stereocenters. The Morgan fingerprint density at radius 1 is 1.35 bits per heavy atom. The van der Waals surface area contributed by atoms with Crippen molar-refractivity contribution in [1.29, 1.82) is 0 Å². The molecule has 2 rings (SSSR count). The van der Waals surface area contributed by atoms with Crippen LogP contribution >= 0.6 is 0 Å². The van der Waals surface area contributed by atoms with E-state index in [4.69, 9.17) is 0 Å². The molecule has 0 fully saturated rings. The fourth-order valence-electron chi connectivity index (χ4n) is 1.59. The summed E-state index contributed by atoms with van der Waals surface area (Å²) in [4.78, 5) is 11.8. The summed E-state index contributed by atoms with van der Waals surface area (Å²) in [5.41, 5.74) is 2.19. The molecular weight excluding hydrogens is 214 g/mol. The number of carbonyl (C=O) groups excluding carboxylic acids is 1. The minimum absolute atomic E-state index is 0.185. The maximum Gasteiger partial charge on any atom is 0.276 e. The van der Waals surface area contributed by atoms with Crippen LogP contribution in [-0.2, 0) is 6.42 Å². The Morgan fingerprint density at radius 2 is 2.12 bits per heavy atom. The second-order valence-corrected chi connectivity index (χ2v) is 3.85. The molecule has 17 heavy (non-hydrogen) atoms. The Balaban J connectivity index is 2.04. The van der Waals surface area contributed by atoms with E-state index in [1.165, 1.54) is 0 Å². The normalized spacial score (nSPS) is 10.2. The van der Waals surface area contributed by atoms with Gasteiger partial charge in [0.25, 0.3) is 5.91 Å². The van der Waals surface area contributed by atoms with Crippen LogP contribution in [0.25, 0.3) is 0 Å². The number of nitrogens with one attached hydrogen (secondary N) is 2. The van der Waals surface area contributed by atoms with Crippen molar-refractivity contribution in [3.63, 3.8) is 0 Å². The molecule has 88 valence electrons. The number of carbonyl (C=O) groups is 1. The predicted molar refractivity (Wildman–Crippen MR) is 67.0 cm³/mol. The molecule has 0 aliphatic heterocycles. The summed E-state index contributed by atoms with van der Waals surface area (Å²) in [6.45, 7) is 2.09. The molecule has 2 aromatic rings. The van der Waals surface area contributed by atoms with E-state index in [0.717, 1.165) is 24.2 Å². The molecule has 0 atom stereocenters. The number of benzene rings is 1. The Morgan fingerprint density at radius 3 is 2.82 bits per heavy atom. The van der Waals surface area contributed by atoms with Gasteiger partial charge in [-0.3, -0.25) is 9.89 Å². The van der Waals surface area contributed by atoms with Gasteiger partial charge in [-0.2, -0.15) is 5.10 Å². The number of hydrogen-bond donors (Lipinski definition) is 2. The lowest BCUT2D eigenvalue weighted by molar-refractivity contribution is 0.102. The molecule has 0 spiro atoms. The minimum Gasteiger partial charge on any atom is -0.321 e. The Labute approximate surface area is 100 Å². The molecule has 2 N–H and O–H groups in total. The smallest absolute Gasteiger partial charge is 0.276 e. The Hall–Kier alpha value is -2.10. The van der Waals surface area contributed by atoms with E-state index in [1.807, 2.05) is 30.3 Å². The highest BCUT2D eigenvalue weighted by molar-refractivity contribution is 6.02. The number of amides is 1. The standard InChI is InChI=1S/C13H15N3O/c1-2-6-11-9-12(16-15-11)13(17)14-10-7-4-3-5-8-10/h3-5,7-9H,2,6H2,1H3,(H,14,17)(H,15,16). The topological polar surface area (TPSA) is 57.8 Å². The van der Waals surface area contributed by atoms with Crippen molar-refractivity contribution in [2.45, 2.75) is 19.8 Å². The van der Waals surface area contributed by atoms with Crippen molar-refractivity contribution in [2.75, 3.05) is 5.32 Å². The fourth-order valence-corrected chi connectivity index (χ4v) is 1.59. The number of anilines is 1. The van der Waals surface area contributed by atoms with E-state index in [9.17, 15) is 4.79 Å². The molecule has 1 heterocycles. The van der Waals surface area contributed by atoms with E-state index in [-0.39, 0.29) is 5.91 Å². The van der Waals surface area contributed by atoms with E-state index in [1.54, 1.807) is 6.07 Å². The molecule has 0 aliphatic rings. The predicted octanol–water partition coefficient (Wildman–Crippen LogP) is 2.61. The molecule has 0 bridgehead atoms. The van der Waals surface area contributed by atoms with Crippen molar-refractivity contribution in [3.05, 3.63) is 47.8 Å². The fraction of sp³-hybridized carbons (Fsp3) is 0.231. The molecule has 0 saturated heterocycles. The van der Waals surface area contributed by atoms with Gasteiger partial charge in [0.15, 0.2) is 5.69 Å². The first-order valence-corrected chi connectivity index (χ1v) is 5.70. The second-order valence-electron chi connectivity index (χ2n) is 3.85. The van der Waals surface area contributed by atoms with Gasteiger partial charge < -0.3 is 5.32 Å². The third-order valence-electron chi connectivity index (χ3n) is 2.41. The van der Waals surface area contributed by atoms with Crippen LogP contribution in [0.3, 0.4) is 0 Å².